The number of carbonyl (C=O) groups is 1. The van der Waals surface area contributed by atoms with Gasteiger partial charge in [-0.3, -0.25) is 0 Å². The van der Waals surface area contributed by atoms with Crippen molar-refractivity contribution in [1.82, 2.24) is 0 Å². The Morgan fingerprint density at radius 2 is 2.08 bits per heavy atom. The Morgan fingerprint density at radius 3 is 2.77 bits per heavy atom. The minimum Gasteiger partial charge on any atom is -0.442 e. The largest absolute Gasteiger partial charge is 0.442 e. The minimum atomic E-state index is -0.270. The Labute approximate surface area is 85.0 Å². The summed E-state index contributed by atoms with van der Waals surface area (Å²) in [4.78, 5) is 11.4. The first-order valence-corrected chi connectivity index (χ1v) is 4.97. The van der Waals surface area contributed by atoms with Crippen LogP contribution < -0.4 is 0 Å². The van der Waals surface area contributed by atoms with Crippen molar-refractivity contribution < 1.29 is 9.53 Å². The van der Waals surface area contributed by atoms with Crippen LogP contribution in [0.15, 0.2) is 12.1 Å². The second-order valence-corrected chi connectivity index (χ2v) is 4.10. The van der Waals surface area contributed by atoms with Crippen molar-refractivity contribution in [1.29, 1.82) is 0 Å². The molecule has 0 aliphatic carbocycles. The second-order valence-electron chi connectivity index (χ2n) is 3.27. The van der Waals surface area contributed by atoms with E-state index >= 15 is 0 Å². The number of hydrogen-bond acceptors (Lipinski definition) is 2. The molecular formula is C10H9BrO2. The zero-order valence-electron chi connectivity index (χ0n) is 7.43. The Bertz CT molecular complexity index is 385. The molecule has 1 heterocycles. The molecule has 0 bridgehead atoms. The molecule has 0 saturated heterocycles. The van der Waals surface area contributed by atoms with Gasteiger partial charge in [0, 0.05) is 5.56 Å². The average molecular weight is 241 g/mol. The van der Waals surface area contributed by atoms with Gasteiger partial charge in [-0.05, 0) is 35.3 Å². The number of ether oxygens (including phenoxy) is 1. The molecule has 0 amide bonds. The van der Waals surface area contributed by atoms with Crippen LogP contribution in [0.4, 0.5) is 0 Å². The van der Waals surface area contributed by atoms with Crippen LogP contribution >= 0.6 is 15.9 Å². The van der Waals surface area contributed by atoms with E-state index < -0.39 is 0 Å². The van der Waals surface area contributed by atoms with Crippen molar-refractivity contribution in [3.05, 3.63) is 34.4 Å². The Balaban J connectivity index is 2.69. The lowest BCUT2D eigenvalue weighted by atomic mass is 10.0. The lowest BCUT2D eigenvalue weighted by Gasteiger charge is -2.03. The maximum Gasteiger partial charge on any atom is 0.340 e. The predicted octanol–water partition coefficient (Wildman–Crippen LogP) is 2.87. The van der Waals surface area contributed by atoms with Gasteiger partial charge in [-0.2, -0.15) is 0 Å². The number of benzene rings is 1. The Hall–Kier alpha value is -0.830. The molecule has 1 aromatic carbocycles. The summed E-state index contributed by atoms with van der Waals surface area (Å²) >= 11 is 3.30. The first kappa shape index (κ1) is 8.75. The smallest absolute Gasteiger partial charge is 0.340 e. The van der Waals surface area contributed by atoms with Gasteiger partial charge in [0.25, 0.3) is 0 Å². The van der Waals surface area contributed by atoms with Crippen LogP contribution in [0.25, 0.3) is 0 Å². The van der Waals surface area contributed by atoms with E-state index in [1.165, 1.54) is 0 Å². The van der Waals surface area contributed by atoms with E-state index in [4.69, 9.17) is 4.74 Å². The van der Waals surface area contributed by atoms with Gasteiger partial charge >= 0.3 is 5.97 Å². The van der Waals surface area contributed by atoms with Gasteiger partial charge < -0.3 is 4.74 Å². The molecule has 0 aromatic heterocycles. The van der Waals surface area contributed by atoms with Crippen molar-refractivity contribution in [3.8, 4) is 0 Å². The third kappa shape index (κ3) is 1.27. The second kappa shape index (κ2) is 2.84. The molecule has 13 heavy (non-hydrogen) atoms. The highest BCUT2D eigenvalue weighted by Crippen LogP contribution is 2.37. The number of alkyl halides is 1. The molecule has 1 aromatic rings. The van der Waals surface area contributed by atoms with Gasteiger partial charge in [-0.25, -0.2) is 4.79 Å². The fourth-order valence-corrected chi connectivity index (χ4v) is 2.21. The van der Waals surface area contributed by atoms with Crippen LogP contribution in [-0.4, -0.2) is 5.97 Å². The molecule has 0 radical (unpaired) electrons. The zero-order chi connectivity index (χ0) is 9.59. The molecule has 0 fully saturated rings. The molecule has 0 spiro atoms. The predicted molar refractivity (Wildman–Crippen MR) is 53.0 cm³/mol. The van der Waals surface area contributed by atoms with E-state index in [1.54, 1.807) is 0 Å². The Kier molecular flexibility index (Phi) is 1.91. The molecule has 1 unspecified atom stereocenters. The number of aryl methyl sites for hydroxylation is 2. The highest BCUT2D eigenvalue weighted by Gasteiger charge is 2.30. The van der Waals surface area contributed by atoms with Gasteiger partial charge in [0.05, 0.1) is 5.56 Å². The van der Waals surface area contributed by atoms with Gasteiger partial charge in [0.2, 0.25) is 0 Å². The monoisotopic (exact) mass is 240 g/mol. The summed E-state index contributed by atoms with van der Waals surface area (Å²) < 4.78 is 5.05. The topological polar surface area (TPSA) is 26.3 Å². The van der Waals surface area contributed by atoms with Gasteiger partial charge in [-0.1, -0.05) is 17.7 Å². The number of esters is 1. The minimum absolute atomic E-state index is 0.227. The molecule has 68 valence electrons. The van der Waals surface area contributed by atoms with Crippen LogP contribution in [0, 0.1) is 13.8 Å². The van der Waals surface area contributed by atoms with Crippen LogP contribution in [0.3, 0.4) is 0 Å². The summed E-state index contributed by atoms with van der Waals surface area (Å²) in [5.41, 5.74) is 3.80. The van der Waals surface area contributed by atoms with E-state index in [-0.39, 0.29) is 11.0 Å². The lowest BCUT2D eigenvalue weighted by Crippen LogP contribution is -1.97. The van der Waals surface area contributed by atoms with E-state index in [9.17, 15) is 4.79 Å². The van der Waals surface area contributed by atoms with Crippen molar-refractivity contribution in [3.63, 3.8) is 0 Å². The van der Waals surface area contributed by atoms with Crippen molar-refractivity contribution >= 4 is 21.9 Å². The first-order chi connectivity index (χ1) is 6.09. The van der Waals surface area contributed by atoms with Crippen LogP contribution in [0.1, 0.15) is 32.1 Å². The zero-order valence-corrected chi connectivity index (χ0v) is 9.01. The van der Waals surface area contributed by atoms with Crippen molar-refractivity contribution in [2.45, 2.75) is 18.9 Å². The fourth-order valence-electron chi connectivity index (χ4n) is 1.67. The number of cyclic esters (lactones) is 1. The molecule has 0 saturated carbocycles. The first-order valence-electron chi connectivity index (χ1n) is 4.06. The highest BCUT2D eigenvalue weighted by molar-refractivity contribution is 9.09. The third-order valence-electron chi connectivity index (χ3n) is 2.17. The quantitative estimate of drug-likeness (QED) is 0.515. The molecule has 3 heteroatoms. The number of rotatable bonds is 0. The SMILES string of the molecule is Cc1cc(C)c2c(c1)C(Br)OC2=O. The van der Waals surface area contributed by atoms with Gasteiger partial charge in [-0.15, -0.1) is 0 Å². The number of carbonyl (C=O) groups excluding carboxylic acids is 1. The third-order valence-corrected chi connectivity index (χ3v) is 2.85. The number of halogens is 1. The summed E-state index contributed by atoms with van der Waals surface area (Å²) in [6, 6.07) is 3.97. The summed E-state index contributed by atoms with van der Waals surface area (Å²) in [5.74, 6) is -0.227. The van der Waals surface area contributed by atoms with Crippen LogP contribution in [-0.2, 0) is 4.74 Å². The molecule has 2 nitrogen and oxygen atoms in total. The summed E-state index contributed by atoms with van der Waals surface area (Å²) in [6.45, 7) is 3.94. The highest BCUT2D eigenvalue weighted by atomic mass is 79.9. The molecule has 1 atom stereocenters. The summed E-state index contributed by atoms with van der Waals surface area (Å²) in [5, 5.41) is -0.270. The molecule has 2 rings (SSSR count). The maximum atomic E-state index is 11.4. The maximum absolute atomic E-state index is 11.4. The van der Waals surface area contributed by atoms with Crippen molar-refractivity contribution in [2.24, 2.45) is 0 Å². The normalized spacial score (nSPS) is 19.9. The molecule has 0 N–H and O–H groups in total. The van der Waals surface area contributed by atoms with E-state index in [0.717, 1.165) is 16.7 Å². The summed E-state index contributed by atoms with van der Waals surface area (Å²) in [7, 11) is 0. The van der Waals surface area contributed by atoms with Crippen LogP contribution in [0.2, 0.25) is 0 Å². The van der Waals surface area contributed by atoms with Crippen molar-refractivity contribution in [2.75, 3.05) is 0 Å². The lowest BCUT2D eigenvalue weighted by molar-refractivity contribution is 0.0530. The van der Waals surface area contributed by atoms with Crippen LogP contribution in [0.5, 0.6) is 0 Å². The summed E-state index contributed by atoms with van der Waals surface area (Å²) in [6.07, 6.45) is 0. The average Bonchev–Trinajstić information content (AvgIpc) is 2.27. The van der Waals surface area contributed by atoms with Gasteiger partial charge in [0.1, 0.15) is 0 Å². The number of hydrogen-bond donors (Lipinski definition) is 0. The molecule has 1 aliphatic rings. The Morgan fingerprint density at radius 1 is 1.38 bits per heavy atom. The van der Waals surface area contributed by atoms with E-state index in [2.05, 4.69) is 15.9 Å². The van der Waals surface area contributed by atoms with Gasteiger partial charge in [0.15, 0.2) is 5.01 Å². The van der Waals surface area contributed by atoms with E-state index in [0.29, 0.717) is 5.56 Å². The standard InChI is InChI=1S/C10H9BrO2/c1-5-3-6(2)8-7(4-5)9(11)13-10(8)12/h3-4,9H,1-2H3. The molecule has 1 aliphatic heterocycles. The number of fused-ring (bicyclic) bond motifs is 1. The van der Waals surface area contributed by atoms with E-state index in [1.807, 2.05) is 26.0 Å². The molecular weight excluding hydrogens is 232 g/mol. The fraction of sp³-hybridized carbons (Fsp3) is 0.300.